The molecule has 0 saturated heterocycles. The van der Waals surface area contributed by atoms with E-state index in [2.05, 4.69) is 4.74 Å². The largest absolute Gasteiger partial charge is 0.496 e. The van der Waals surface area contributed by atoms with Gasteiger partial charge in [0.2, 0.25) is 0 Å². The van der Waals surface area contributed by atoms with Gasteiger partial charge in [-0.25, -0.2) is 0 Å². The van der Waals surface area contributed by atoms with Crippen molar-refractivity contribution in [3.8, 4) is 5.75 Å². The first-order chi connectivity index (χ1) is 7.40. The summed E-state index contributed by atoms with van der Waals surface area (Å²) in [5.74, 6) is -0.322. The Morgan fingerprint density at radius 3 is 2.50 bits per heavy atom. The number of aliphatic hydroxyl groups excluding tert-OH is 1. The molecule has 6 heteroatoms. The Morgan fingerprint density at radius 2 is 2.06 bits per heavy atom. The van der Waals surface area contributed by atoms with Crippen molar-refractivity contribution >= 4 is 0 Å². The molecule has 0 unspecified atom stereocenters. The van der Waals surface area contributed by atoms with Crippen molar-refractivity contribution in [2.75, 3.05) is 13.7 Å². The van der Waals surface area contributed by atoms with E-state index in [1.165, 1.54) is 6.07 Å². The minimum Gasteiger partial charge on any atom is -0.496 e. The number of benzene rings is 1. The molecule has 0 fully saturated rings. The summed E-state index contributed by atoms with van der Waals surface area (Å²) in [6.45, 7) is -0.0610. The molecule has 0 amide bonds. The van der Waals surface area contributed by atoms with Gasteiger partial charge in [-0.15, -0.1) is 0 Å². The third-order valence-electron chi connectivity index (χ3n) is 2.14. The maximum absolute atomic E-state index is 12.5. The second-order valence-corrected chi connectivity index (χ2v) is 3.21. The number of hydrogen-bond donors (Lipinski definition) is 2. The summed E-state index contributed by atoms with van der Waals surface area (Å²) in [5.41, 5.74) is 4.63. The zero-order valence-corrected chi connectivity index (χ0v) is 8.58. The van der Waals surface area contributed by atoms with Crippen LogP contribution in [0.1, 0.15) is 17.2 Å². The van der Waals surface area contributed by atoms with Gasteiger partial charge in [-0.3, -0.25) is 0 Å². The van der Waals surface area contributed by atoms with Crippen LogP contribution in [0.15, 0.2) is 18.2 Å². The number of ether oxygens (including phenoxy) is 1. The average molecular weight is 235 g/mol. The van der Waals surface area contributed by atoms with Crippen LogP contribution in [0.5, 0.6) is 5.75 Å². The highest BCUT2D eigenvalue weighted by molar-refractivity contribution is 5.40. The zero-order chi connectivity index (χ0) is 12.3. The number of hydrogen-bond acceptors (Lipinski definition) is 3. The molecule has 0 aromatic heterocycles. The average Bonchev–Trinajstić information content (AvgIpc) is 2.25. The van der Waals surface area contributed by atoms with Gasteiger partial charge in [0, 0.05) is 6.54 Å². The number of methoxy groups -OCH3 is 1. The summed E-state index contributed by atoms with van der Waals surface area (Å²) in [5, 5.41) is 9.38. The third-order valence-corrected chi connectivity index (χ3v) is 2.14. The van der Waals surface area contributed by atoms with E-state index in [9.17, 15) is 18.3 Å². The van der Waals surface area contributed by atoms with Gasteiger partial charge in [0.05, 0.1) is 18.8 Å². The molecule has 0 spiro atoms. The molecule has 1 aromatic carbocycles. The first kappa shape index (κ1) is 12.8. The van der Waals surface area contributed by atoms with E-state index < -0.39 is 17.8 Å². The number of rotatable bonds is 3. The van der Waals surface area contributed by atoms with Crippen molar-refractivity contribution in [2.45, 2.75) is 12.3 Å². The maximum atomic E-state index is 12.5. The Balaban J connectivity index is 3.17. The van der Waals surface area contributed by atoms with Crippen molar-refractivity contribution in [2.24, 2.45) is 5.73 Å². The van der Waals surface area contributed by atoms with Gasteiger partial charge >= 0.3 is 6.18 Å². The standard InChI is InChI=1S/C10H12F3NO2/c1-16-9-4-6(8(15)5-14)2-3-7(9)10(11,12)13/h2-4,8,15H,5,14H2,1H3/t8-/m0/s1. The molecule has 3 nitrogen and oxygen atoms in total. The van der Waals surface area contributed by atoms with Crippen molar-refractivity contribution < 1.29 is 23.0 Å². The second-order valence-electron chi connectivity index (χ2n) is 3.21. The van der Waals surface area contributed by atoms with Gasteiger partial charge in [0.25, 0.3) is 0 Å². The third kappa shape index (κ3) is 2.65. The van der Waals surface area contributed by atoms with Crippen LogP contribution in [0.2, 0.25) is 0 Å². The lowest BCUT2D eigenvalue weighted by atomic mass is 10.1. The summed E-state index contributed by atoms with van der Waals surface area (Å²) >= 11 is 0. The minimum absolute atomic E-state index is 0.0610. The van der Waals surface area contributed by atoms with E-state index in [1.807, 2.05) is 0 Å². The zero-order valence-electron chi connectivity index (χ0n) is 8.58. The molecule has 0 heterocycles. The van der Waals surface area contributed by atoms with Gasteiger partial charge in [-0.05, 0) is 17.7 Å². The first-order valence-corrected chi connectivity index (χ1v) is 4.53. The molecule has 0 radical (unpaired) electrons. The van der Waals surface area contributed by atoms with Crippen LogP contribution in [-0.2, 0) is 6.18 Å². The molecule has 1 atom stereocenters. The Bertz CT molecular complexity index is 366. The topological polar surface area (TPSA) is 55.5 Å². The Kier molecular flexibility index (Phi) is 3.77. The summed E-state index contributed by atoms with van der Waals surface area (Å²) in [6, 6.07) is 3.19. The van der Waals surface area contributed by atoms with Crippen LogP contribution < -0.4 is 10.5 Å². The van der Waals surface area contributed by atoms with Crippen LogP contribution in [0, 0.1) is 0 Å². The lowest BCUT2D eigenvalue weighted by molar-refractivity contribution is -0.138. The van der Waals surface area contributed by atoms with Crippen LogP contribution in [0.3, 0.4) is 0 Å². The van der Waals surface area contributed by atoms with E-state index >= 15 is 0 Å². The first-order valence-electron chi connectivity index (χ1n) is 4.53. The highest BCUT2D eigenvalue weighted by Crippen LogP contribution is 2.37. The van der Waals surface area contributed by atoms with Gasteiger partial charge < -0.3 is 15.6 Å². The molecule has 1 rings (SSSR count). The van der Waals surface area contributed by atoms with Crippen molar-refractivity contribution in [3.05, 3.63) is 29.3 Å². The molecule has 1 aromatic rings. The summed E-state index contributed by atoms with van der Waals surface area (Å²) in [4.78, 5) is 0. The summed E-state index contributed by atoms with van der Waals surface area (Å²) in [7, 11) is 1.14. The van der Waals surface area contributed by atoms with E-state index in [1.54, 1.807) is 0 Å². The van der Waals surface area contributed by atoms with E-state index in [0.717, 1.165) is 19.2 Å². The maximum Gasteiger partial charge on any atom is 0.419 e. The number of nitrogens with two attached hydrogens (primary N) is 1. The van der Waals surface area contributed by atoms with E-state index in [-0.39, 0.29) is 12.3 Å². The normalized spacial score (nSPS) is 13.6. The molecule has 90 valence electrons. The fourth-order valence-electron chi connectivity index (χ4n) is 1.29. The molecule has 0 aliphatic carbocycles. The molecule has 0 bridgehead atoms. The summed E-state index contributed by atoms with van der Waals surface area (Å²) < 4.78 is 42.1. The predicted octanol–water partition coefficient (Wildman–Crippen LogP) is 1.71. The second kappa shape index (κ2) is 4.71. The lowest BCUT2D eigenvalue weighted by Gasteiger charge is -2.15. The fraction of sp³-hybridized carbons (Fsp3) is 0.400. The van der Waals surface area contributed by atoms with Gasteiger partial charge in [0.15, 0.2) is 0 Å². The highest BCUT2D eigenvalue weighted by atomic mass is 19.4. The SMILES string of the molecule is COc1cc([C@@H](O)CN)ccc1C(F)(F)F. The predicted molar refractivity (Wildman–Crippen MR) is 52.0 cm³/mol. The summed E-state index contributed by atoms with van der Waals surface area (Å²) in [6.07, 6.45) is -5.46. The van der Waals surface area contributed by atoms with Crippen LogP contribution in [-0.4, -0.2) is 18.8 Å². The van der Waals surface area contributed by atoms with Gasteiger partial charge in [-0.2, -0.15) is 13.2 Å². The molecule has 0 saturated carbocycles. The fourth-order valence-corrected chi connectivity index (χ4v) is 1.29. The van der Waals surface area contributed by atoms with Crippen LogP contribution in [0.25, 0.3) is 0 Å². The van der Waals surface area contributed by atoms with Crippen LogP contribution in [0.4, 0.5) is 13.2 Å². The lowest BCUT2D eigenvalue weighted by Crippen LogP contribution is -2.13. The monoisotopic (exact) mass is 235 g/mol. The molecule has 0 aliphatic heterocycles. The minimum atomic E-state index is -4.47. The van der Waals surface area contributed by atoms with Crippen molar-refractivity contribution in [1.82, 2.24) is 0 Å². The molecule has 3 N–H and O–H groups in total. The Hall–Kier alpha value is -1.27. The molecular weight excluding hydrogens is 223 g/mol. The number of alkyl halides is 3. The molecule has 0 aliphatic rings. The highest BCUT2D eigenvalue weighted by Gasteiger charge is 2.34. The molecular formula is C10H12F3NO2. The van der Waals surface area contributed by atoms with E-state index in [0.29, 0.717) is 5.56 Å². The van der Waals surface area contributed by atoms with Crippen molar-refractivity contribution in [1.29, 1.82) is 0 Å². The Labute approximate surface area is 90.6 Å². The molecule has 16 heavy (non-hydrogen) atoms. The van der Waals surface area contributed by atoms with Crippen LogP contribution >= 0.6 is 0 Å². The number of halogens is 3. The Morgan fingerprint density at radius 1 is 1.44 bits per heavy atom. The quantitative estimate of drug-likeness (QED) is 0.838. The smallest absolute Gasteiger partial charge is 0.419 e. The van der Waals surface area contributed by atoms with Crippen molar-refractivity contribution in [3.63, 3.8) is 0 Å². The van der Waals surface area contributed by atoms with Gasteiger partial charge in [-0.1, -0.05) is 6.07 Å². The number of aliphatic hydroxyl groups is 1. The van der Waals surface area contributed by atoms with Gasteiger partial charge in [0.1, 0.15) is 5.75 Å². The van der Waals surface area contributed by atoms with E-state index in [4.69, 9.17) is 5.73 Å².